The summed E-state index contributed by atoms with van der Waals surface area (Å²) in [5.74, 6) is 7.47. The van der Waals surface area contributed by atoms with Crippen LogP contribution in [0.1, 0.15) is 44.6 Å². The Balaban J connectivity index is 1.89. The van der Waals surface area contributed by atoms with Crippen molar-refractivity contribution in [2.45, 2.75) is 51.5 Å². The van der Waals surface area contributed by atoms with E-state index in [4.69, 9.17) is 5.84 Å². The molecule has 1 unspecified atom stereocenters. The summed E-state index contributed by atoms with van der Waals surface area (Å²) in [6.45, 7) is 2.31. The summed E-state index contributed by atoms with van der Waals surface area (Å²) < 4.78 is 0. The second-order valence-electron chi connectivity index (χ2n) is 5.65. The third kappa shape index (κ3) is 3.56. The Hall–Kier alpha value is -0.860. The monoisotopic (exact) mass is 246 g/mol. The van der Waals surface area contributed by atoms with E-state index < -0.39 is 0 Å². The molecule has 0 bridgehead atoms. The molecule has 0 saturated heterocycles. The Labute approximate surface area is 111 Å². The highest BCUT2D eigenvalue weighted by Gasteiger charge is 2.26. The summed E-state index contributed by atoms with van der Waals surface area (Å²) in [7, 11) is 0. The van der Waals surface area contributed by atoms with Crippen molar-refractivity contribution in [2.24, 2.45) is 17.7 Å². The number of hydrogen-bond acceptors (Lipinski definition) is 2. The maximum absolute atomic E-state index is 5.77. The number of rotatable bonds is 5. The molecule has 2 heteroatoms. The Morgan fingerprint density at radius 2 is 1.83 bits per heavy atom. The minimum Gasteiger partial charge on any atom is -0.271 e. The highest BCUT2D eigenvalue weighted by Crippen LogP contribution is 2.33. The maximum atomic E-state index is 5.77. The van der Waals surface area contributed by atoms with Gasteiger partial charge in [0.2, 0.25) is 0 Å². The molecule has 1 aliphatic carbocycles. The van der Waals surface area contributed by atoms with E-state index in [0.29, 0.717) is 6.04 Å². The zero-order valence-corrected chi connectivity index (χ0v) is 11.4. The molecule has 2 nitrogen and oxygen atoms in total. The van der Waals surface area contributed by atoms with Crippen LogP contribution < -0.4 is 11.3 Å². The molecule has 18 heavy (non-hydrogen) atoms. The van der Waals surface area contributed by atoms with Crippen molar-refractivity contribution in [1.29, 1.82) is 0 Å². The molecule has 3 N–H and O–H groups in total. The van der Waals surface area contributed by atoms with E-state index in [1.165, 1.54) is 37.7 Å². The molecule has 2 rings (SSSR count). The summed E-state index contributed by atoms with van der Waals surface area (Å²) in [5, 5.41) is 0. The van der Waals surface area contributed by atoms with Gasteiger partial charge in [-0.05, 0) is 36.7 Å². The number of hydrazine groups is 1. The highest BCUT2D eigenvalue weighted by atomic mass is 15.2. The molecular weight excluding hydrogens is 220 g/mol. The molecule has 1 aromatic carbocycles. The first-order valence-electron chi connectivity index (χ1n) is 7.33. The van der Waals surface area contributed by atoms with Gasteiger partial charge in [0, 0.05) is 6.04 Å². The van der Waals surface area contributed by atoms with E-state index in [9.17, 15) is 0 Å². The first-order valence-corrected chi connectivity index (χ1v) is 7.33. The second-order valence-corrected chi connectivity index (χ2v) is 5.65. The average molecular weight is 246 g/mol. The molecule has 1 aromatic rings. The number of nitrogens with one attached hydrogen (secondary N) is 1. The predicted molar refractivity (Wildman–Crippen MR) is 77.0 cm³/mol. The van der Waals surface area contributed by atoms with E-state index in [1.54, 1.807) is 0 Å². The van der Waals surface area contributed by atoms with Crippen LogP contribution in [-0.4, -0.2) is 6.04 Å². The van der Waals surface area contributed by atoms with Crippen molar-refractivity contribution in [3.8, 4) is 0 Å². The van der Waals surface area contributed by atoms with Crippen molar-refractivity contribution in [1.82, 2.24) is 5.43 Å². The molecule has 0 amide bonds. The van der Waals surface area contributed by atoms with Gasteiger partial charge in [-0.15, -0.1) is 0 Å². The lowest BCUT2D eigenvalue weighted by atomic mass is 9.76. The summed E-state index contributed by atoms with van der Waals surface area (Å²) in [5.41, 5.74) is 4.44. The van der Waals surface area contributed by atoms with Gasteiger partial charge >= 0.3 is 0 Å². The van der Waals surface area contributed by atoms with Crippen LogP contribution in [0, 0.1) is 11.8 Å². The van der Waals surface area contributed by atoms with Crippen molar-refractivity contribution in [3.05, 3.63) is 35.9 Å². The second kappa shape index (κ2) is 6.91. The van der Waals surface area contributed by atoms with Gasteiger partial charge in [0.25, 0.3) is 0 Å². The molecule has 1 saturated carbocycles. The van der Waals surface area contributed by atoms with E-state index in [1.807, 2.05) is 0 Å². The van der Waals surface area contributed by atoms with Crippen LogP contribution in [0.25, 0.3) is 0 Å². The van der Waals surface area contributed by atoms with E-state index >= 15 is 0 Å². The first-order chi connectivity index (χ1) is 8.83. The Kier molecular flexibility index (Phi) is 5.21. The number of hydrogen-bond donors (Lipinski definition) is 2. The average Bonchev–Trinajstić information content (AvgIpc) is 2.46. The van der Waals surface area contributed by atoms with Crippen LogP contribution in [0.15, 0.2) is 30.3 Å². The lowest BCUT2D eigenvalue weighted by Crippen LogP contribution is -2.43. The molecule has 100 valence electrons. The van der Waals surface area contributed by atoms with Gasteiger partial charge in [-0.3, -0.25) is 11.3 Å². The standard InChI is InChI=1S/C16H26N2/c1-2-13-8-10-15(11-9-13)16(18-17)12-14-6-4-3-5-7-14/h3-7,13,15-16,18H,2,8-12,17H2,1H3. The van der Waals surface area contributed by atoms with E-state index in [2.05, 4.69) is 42.7 Å². The first kappa shape index (κ1) is 13.6. The van der Waals surface area contributed by atoms with E-state index in [0.717, 1.165) is 18.3 Å². The largest absolute Gasteiger partial charge is 0.271 e. The normalized spacial score (nSPS) is 25.9. The molecule has 1 aliphatic rings. The van der Waals surface area contributed by atoms with Gasteiger partial charge in [0.1, 0.15) is 0 Å². The van der Waals surface area contributed by atoms with Crippen LogP contribution in [0.4, 0.5) is 0 Å². The predicted octanol–water partition coefficient (Wildman–Crippen LogP) is 3.28. The van der Waals surface area contributed by atoms with Gasteiger partial charge in [-0.2, -0.15) is 0 Å². The van der Waals surface area contributed by atoms with Crippen molar-refractivity contribution in [3.63, 3.8) is 0 Å². The van der Waals surface area contributed by atoms with Gasteiger partial charge in [0.15, 0.2) is 0 Å². The molecule has 0 radical (unpaired) electrons. The molecule has 0 spiro atoms. The highest BCUT2D eigenvalue weighted by molar-refractivity contribution is 5.16. The Morgan fingerprint density at radius 3 is 2.39 bits per heavy atom. The van der Waals surface area contributed by atoms with Crippen molar-refractivity contribution in [2.75, 3.05) is 0 Å². The Bertz CT molecular complexity index is 328. The summed E-state index contributed by atoms with van der Waals surface area (Å²) in [6, 6.07) is 11.1. The van der Waals surface area contributed by atoms with Crippen LogP contribution in [0.2, 0.25) is 0 Å². The third-order valence-corrected chi connectivity index (χ3v) is 4.55. The van der Waals surface area contributed by atoms with Crippen molar-refractivity contribution < 1.29 is 0 Å². The molecule has 0 heterocycles. The SMILES string of the molecule is CCC1CCC(C(Cc2ccccc2)NN)CC1. The van der Waals surface area contributed by atoms with Crippen LogP contribution in [0.3, 0.4) is 0 Å². The zero-order chi connectivity index (χ0) is 12.8. The topological polar surface area (TPSA) is 38.0 Å². The van der Waals surface area contributed by atoms with E-state index in [-0.39, 0.29) is 0 Å². The van der Waals surface area contributed by atoms with Gasteiger partial charge in [-0.1, -0.05) is 56.5 Å². The fourth-order valence-electron chi connectivity index (χ4n) is 3.23. The minimum absolute atomic E-state index is 0.435. The van der Waals surface area contributed by atoms with Gasteiger partial charge in [0.05, 0.1) is 0 Å². The smallest absolute Gasteiger partial charge is 0.0279 e. The summed E-state index contributed by atoms with van der Waals surface area (Å²) >= 11 is 0. The molecule has 1 fully saturated rings. The molecular formula is C16H26N2. The van der Waals surface area contributed by atoms with Crippen LogP contribution >= 0.6 is 0 Å². The van der Waals surface area contributed by atoms with Crippen LogP contribution in [-0.2, 0) is 6.42 Å². The number of nitrogens with two attached hydrogens (primary N) is 1. The fraction of sp³-hybridized carbons (Fsp3) is 0.625. The fourth-order valence-corrected chi connectivity index (χ4v) is 3.23. The lowest BCUT2D eigenvalue weighted by Gasteiger charge is -2.33. The minimum atomic E-state index is 0.435. The summed E-state index contributed by atoms with van der Waals surface area (Å²) in [4.78, 5) is 0. The van der Waals surface area contributed by atoms with Crippen LogP contribution in [0.5, 0.6) is 0 Å². The molecule has 0 aromatic heterocycles. The van der Waals surface area contributed by atoms with Gasteiger partial charge < -0.3 is 0 Å². The number of benzene rings is 1. The maximum Gasteiger partial charge on any atom is 0.0279 e. The van der Waals surface area contributed by atoms with Crippen molar-refractivity contribution >= 4 is 0 Å². The molecule has 1 atom stereocenters. The zero-order valence-electron chi connectivity index (χ0n) is 11.4. The molecule has 0 aliphatic heterocycles. The Morgan fingerprint density at radius 1 is 1.17 bits per heavy atom. The summed E-state index contributed by atoms with van der Waals surface area (Å²) in [6.07, 6.45) is 7.83. The quantitative estimate of drug-likeness (QED) is 0.618. The van der Waals surface area contributed by atoms with Gasteiger partial charge in [-0.25, -0.2) is 0 Å². The third-order valence-electron chi connectivity index (χ3n) is 4.55. The lowest BCUT2D eigenvalue weighted by molar-refractivity contribution is 0.217.